The predicted octanol–water partition coefficient (Wildman–Crippen LogP) is 3.73. The van der Waals surface area contributed by atoms with E-state index in [0.29, 0.717) is 5.92 Å². The topological polar surface area (TPSA) is 12.9 Å². The van der Waals surface area contributed by atoms with E-state index in [1.165, 1.54) is 21.3 Å². The van der Waals surface area contributed by atoms with Crippen molar-refractivity contribution in [3.8, 4) is 0 Å². The molecule has 0 aliphatic rings. The number of fused-ring (bicyclic) bond motifs is 1. The van der Waals surface area contributed by atoms with Gasteiger partial charge in [-0.2, -0.15) is 0 Å². The van der Waals surface area contributed by atoms with Crippen LogP contribution in [0.15, 0.2) is 17.6 Å². The Morgan fingerprint density at radius 2 is 2.15 bits per heavy atom. The fraction of sp³-hybridized carbons (Fsp3) is 0.364. The van der Waals surface area contributed by atoms with Crippen molar-refractivity contribution >= 4 is 21.6 Å². The lowest BCUT2D eigenvalue weighted by Crippen LogP contribution is -1.89. The number of nitrogens with zero attached hydrogens (tertiary/aromatic N) is 1. The smallest absolute Gasteiger partial charge is 0.123 e. The van der Waals surface area contributed by atoms with Gasteiger partial charge in [-0.25, -0.2) is 4.98 Å². The summed E-state index contributed by atoms with van der Waals surface area (Å²) in [7, 11) is 0. The van der Waals surface area contributed by atoms with Crippen molar-refractivity contribution in [3.05, 3.63) is 28.8 Å². The van der Waals surface area contributed by atoms with E-state index in [2.05, 4.69) is 37.2 Å². The third-order valence-electron chi connectivity index (χ3n) is 2.31. The van der Waals surface area contributed by atoms with Crippen LogP contribution in [0.4, 0.5) is 0 Å². The summed E-state index contributed by atoms with van der Waals surface area (Å²) in [5.74, 6) is 0.582. The van der Waals surface area contributed by atoms with Gasteiger partial charge in [-0.3, -0.25) is 0 Å². The van der Waals surface area contributed by atoms with Crippen molar-refractivity contribution < 1.29 is 0 Å². The molecule has 0 bridgehead atoms. The molecular weight excluding hydrogens is 178 g/mol. The molecular formula is C11H13NS. The lowest BCUT2D eigenvalue weighted by Gasteiger charge is -2.06. The summed E-state index contributed by atoms with van der Waals surface area (Å²) in [6.45, 7) is 6.62. The van der Waals surface area contributed by atoms with E-state index < -0.39 is 0 Å². The zero-order valence-electron chi connectivity index (χ0n) is 8.16. The molecule has 0 aliphatic carbocycles. The quantitative estimate of drug-likeness (QED) is 0.669. The first-order valence-electron chi connectivity index (χ1n) is 4.53. The number of thiophene rings is 1. The highest BCUT2D eigenvalue weighted by atomic mass is 32.1. The number of hydrogen-bond acceptors (Lipinski definition) is 2. The number of aromatic nitrogens is 1. The second kappa shape index (κ2) is 3.11. The molecule has 2 heteroatoms. The minimum Gasteiger partial charge on any atom is -0.245 e. The Labute approximate surface area is 82.4 Å². The molecule has 0 saturated heterocycles. The third kappa shape index (κ3) is 1.35. The predicted molar refractivity (Wildman–Crippen MR) is 58.4 cm³/mol. The van der Waals surface area contributed by atoms with Crippen molar-refractivity contribution in [2.45, 2.75) is 26.7 Å². The molecule has 0 N–H and O–H groups in total. The van der Waals surface area contributed by atoms with Crippen molar-refractivity contribution in [3.63, 3.8) is 0 Å². The van der Waals surface area contributed by atoms with Gasteiger partial charge in [0, 0.05) is 11.6 Å². The maximum absolute atomic E-state index is 4.36. The van der Waals surface area contributed by atoms with E-state index in [1.54, 1.807) is 11.3 Å². The standard InChI is InChI=1S/C11H13NS/c1-7(2)9-4-5-12-11-10(9)8(3)6-13-11/h4-7H,1-3H3. The summed E-state index contributed by atoms with van der Waals surface area (Å²) < 4.78 is 0. The Balaban J connectivity index is 2.80. The van der Waals surface area contributed by atoms with Crippen molar-refractivity contribution in [2.24, 2.45) is 0 Å². The highest BCUT2D eigenvalue weighted by Crippen LogP contribution is 2.30. The van der Waals surface area contributed by atoms with Crippen LogP contribution in [0.25, 0.3) is 10.2 Å². The highest BCUT2D eigenvalue weighted by molar-refractivity contribution is 7.16. The zero-order chi connectivity index (χ0) is 9.42. The lowest BCUT2D eigenvalue weighted by molar-refractivity contribution is 0.874. The summed E-state index contributed by atoms with van der Waals surface area (Å²) in [6, 6.07) is 2.13. The summed E-state index contributed by atoms with van der Waals surface area (Å²) in [4.78, 5) is 5.53. The molecule has 2 rings (SSSR count). The van der Waals surface area contributed by atoms with Crippen molar-refractivity contribution in [2.75, 3.05) is 0 Å². The van der Waals surface area contributed by atoms with Crippen LogP contribution in [0.3, 0.4) is 0 Å². The molecule has 0 amide bonds. The minimum atomic E-state index is 0.582. The van der Waals surface area contributed by atoms with Gasteiger partial charge in [0.2, 0.25) is 0 Å². The lowest BCUT2D eigenvalue weighted by atomic mass is 10.00. The molecule has 0 aliphatic heterocycles. The maximum Gasteiger partial charge on any atom is 0.123 e. The fourth-order valence-corrected chi connectivity index (χ4v) is 2.55. The van der Waals surface area contributed by atoms with Gasteiger partial charge in [0.25, 0.3) is 0 Å². The number of hydrogen-bond donors (Lipinski definition) is 0. The van der Waals surface area contributed by atoms with Crippen LogP contribution in [0.5, 0.6) is 0 Å². The van der Waals surface area contributed by atoms with Gasteiger partial charge < -0.3 is 0 Å². The van der Waals surface area contributed by atoms with Crippen LogP contribution in [-0.4, -0.2) is 4.98 Å². The Morgan fingerprint density at radius 3 is 2.85 bits per heavy atom. The van der Waals surface area contributed by atoms with Gasteiger partial charge in [0.05, 0.1) is 0 Å². The first-order chi connectivity index (χ1) is 6.20. The average molecular weight is 191 g/mol. The molecule has 0 unspecified atom stereocenters. The summed E-state index contributed by atoms with van der Waals surface area (Å²) in [6.07, 6.45) is 1.91. The molecule has 0 atom stereocenters. The number of rotatable bonds is 1. The van der Waals surface area contributed by atoms with E-state index in [0.717, 1.165) is 0 Å². The van der Waals surface area contributed by atoms with E-state index in [1.807, 2.05) is 6.20 Å². The van der Waals surface area contributed by atoms with Crippen LogP contribution in [-0.2, 0) is 0 Å². The minimum absolute atomic E-state index is 0.582. The van der Waals surface area contributed by atoms with Crippen LogP contribution in [0.2, 0.25) is 0 Å². The second-order valence-electron chi connectivity index (χ2n) is 3.65. The van der Waals surface area contributed by atoms with Gasteiger partial charge in [-0.15, -0.1) is 11.3 Å². The molecule has 0 saturated carbocycles. The average Bonchev–Trinajstić information content (AvgIpc) is 2.48. The molecule has 0 radical (unpaired) electrons. The van der Waals surface area contributed by atoms with Gasteiger partial charge in [-0.1, -0.05) is 13.8 Å². The molecule has 2 aromatic rings. The van der Waals surface area contributed by atoms with Crippen LogP contribution in [0, 0.1) is 6.92 Å². The van der Waals surface area contributed by atoms with Gasteiger partial charge in [0.1, 0.15) is 4.83 Å². The van der Waals surface area contributed by atoms with Crippen LogP contribution in [0.1, 0.15) is 30.9 Å². The van der Waals surface area contributed by atoms with Crippen LogP contribution < -0.4 is 0 Å². The molecule has 1 nitrogen and oxygen atoms in total. The summed E-state index contributed by atoms with van der Waals surface area (Å²) >= 11 is 1.73. The molecule has 0 spiro atoms. The van der Waals surface area contributed by atoms with Gasteiger partial charge >= 0.3 is 0 Å². The molecule has 13 heavy (non-hydrogen) atoms. The molecule has 2 aromatic heterocycles. The van der Waals surface area contributed by atoms with E-state index in [4.69, 9.17) is 0 Å². The van der Waals surface area contributed by atoms with Crippen molar-refractivity contribution in [1.29, 1.82) is 0 Å². The maximum atomic E-state index is 4.36. The Kier molecular flexibility index (Phi) is 2.08. The SMILES string of the molecule is Cc1csc2nccc(C(C)C)c12. The Morgan fingerprint density at radius 1 is 1.38 bits per heavy atom. The number of aryl methyl sites for hydroxylation is 1. The van der Waals surface area contributed by atoms with Crippen LogP contribution >= 0.6 is 11.3 Å². The molecule has 68 valence electrons. The van der Waals surface area contributed by atoms with E-state index in [9.17, 15) is 0 Å². The van der Waals surface area contributed by atoms with E-state index >= 15 is 0 Å². The Bertz CT molecular complexity index is 429. The Hall–Kier alpha value is -0.890. The van der Waals surface area contributed by atoms with Gasteiger partial charge in [0.15, 0.2) is 0 Å². The summed E-state index contributed by atoms with van der Waals surface area (Å²) in [5.41, 5.74) is 2.78. The largest absolute Gasteiger partial charge is 0.245 e. The molecule has 0 aromatic carbocycles. The molecule has 2 heterocycles. The highest BCUT2D eigenvalue weighted by Gasteiger charge is 2.08. The second-order valence-corrected chi connectivity index (χ2v) is 4.51. The summed E-state index contributed by atoms with van der Waals surface area (Å²) in [5, 5.41) is 3.55. The number of pyridine rings is 1. The fourth-order valence-electron chi connectivity index (χ4n) is 1.63. The van der Waals surface area contributed by atoms with Gasteiger partial charge in [-0.05, 0) is 35.4 Å². The monoisotopic (exact) mass is 191 g/mol. The zero-order valence-corrected chi connectivity index (χ0v) is 8.98. The molecule has 0 fully saturated rings. The third-order valence-corrected chi connectivity index (χ3v) is 3.32. The first kappa shape index (κ1) is 8.70. The van der Waals surface area contributed by atoms with Crippen molar-refractivity contribution in [1.82, 2.24) is 4.98 Å². The first-order valence-corrected chi connectivity index (χ1v) is 5.41. The normalized spacial score (nSPS) is 11.4. The van der Waals surface area contributed by atoms with E-state index in [-0.39, 0.29) is 0 Å².